The number of anilines is 1. The molecule has 2 aromatic carbocycles. The molecule has 6 nitrogen and oxygen atoms in total. The number of ether oxygens (including phenoxy) is 2. The number of fused-ring (bicyclic) bond motifs is 1. The molecule has 0 radical (unpaired) electrons. The van der Waals surface area contributed by atoms with Crippen molar-refractivity contribution in [2.75, 3.05) is 31.6 Å². The van der Waals surface area contributed by atoms with E-state index in [4.69, 9.17) is 21.1 Å². The molecule has 1 atom stereocenters. The van der Waals surface area contributed by atoms with Gasteiger partial charge in [0.1, 0.15) is 13.2 Å². The number of thioether (sulfide) groups is 1. The summed E-state index contributed by atoms with van der Waals surface area (Å²) in [5.74, 6) is 0.906. The van der Waals surface area contributed by atoms with Crippen LogP contribution in [0.5, 0.6) is 11.5 Å². The molecule has 3 rings (SSSR count). The van der Waals surface area contributed by atoms with Gasteiger partial charge in [0.15, 0.2) is 11.5 Å². The Labute approximate surface area is 179 Å². The fraction of sp³-hybridized carbons (Fsp3) is 0.333. The molecule has 2 amide bonds. The summed E-state index contributed by atoms with van der Waals surface area (Å²) in [5, 5.41) is 3.15. The quantitative estimate of drug-likeness (QED) is 0.665. The molecule has 1 heterocycles. The van der Waals surface area contributed by atoms with Crippen LogP contribution in [0.3, 0.4) is 0 Å². The predicted molar refractivity (Wildman–Crippen MR) is 115 cm³/mol. The lowest BCUT2D eigenvalue weighted by molar-refractivity contribution is -0.133. The van der Waals surface area contributed by atoms with E-state index in [0.717, 1.165) is 4.90 Å². The zero-order valence-electron chi connectivity index (χ0n) is 16.3. The highest BCUT2D eigenvalue weighted by atomic mass is 35.5. The number of benzene rings is 2. The summed E-state index contributed by atoms with van der Waals surface area (Å²) in [7, 11) is 0. The van der Waals surface area contributed by atoms with Crippen LogP contribution >= 0.6 is 23.4 Å². The summed E-state index contributed by atoms with van der Waals surface area (Å²) in [6, 6.07) is 12.6. The summed E-state index contributed by atoms with van der Waals surface area (Å²) in [5.41, 5.74) is 0.603. The van der Waals surface area contributed by atoms with Crippen LogP contribution in [0, 0.1) is 0 Å². The van der Waals surface area contributed by atoms with E-state index >= 15 is 0 Å². The van der Waals surface area contributed by atoms with E-state index in [-0.39, 0.29) is 23.6 Å². The van der Waals surface area contributed by atoms with E-state index in [0.29, 0.717) is 42.0 Å². The standard InChI is InChI=1S/C21H23ClN2O4S/c1-3-24(21(26)14(2)29-17-7-4-15(22)5-8-17)13-20(25)23-16-6-9-18-19(12-16)28-11-10-27-18/h4-9,12,14H,3,10-11,13H2,1-2H3,(H,23,25)/t14-/m1/s1. The number of nitrogens with zero attached hydrogens (tertiary/aromatic N) is 1. The number of nitrogens with one attached hydrogen (secondary N) is 1. The zero-order chi connectivity index (χ0) is 20.8. The van der Waals surface area contributed by atoms with Gasteiger partial charge in [-0.05, 0) is 50.2 Å². The lowest BCUT2D eigenvalue weighted by Crippen LogP contribution is -2.41. The monoisotopic (exact) mass is 434 g/mol. The average molecular weight is 435 g/mol. The van der Waals surface area contributed by atoms with Gasteiger partial charge in [-0.15, -0.1) is 11.8 Å². The number of carbonyl (C=O) groups excluding carboxylic acids is 2. The molecule has 0 saturated carbocycles. The molecule has 0 saturated heterocycles. The Morgan fingerprint density at radius 3 is 2.52 bits per heavy atom. The first-order chi connectivity index (χ1) is 14.0. The first kappa shape index (κ1) is 21.3. The normalized spacial score (nSPS) is 13.5. The third-order valence-corrected chi connectivity index (χ3v) is 5.68. The van der Waals surface area contributed by atoms with Crippen LogP contribution in [0.15, 0.2) is 47.4 Å². The van der Waals surface area contributed by atoms with Crippen molar-refractivity contribution in [1.82, 2.24) is 4.90 Å². The number of amides is 2. The van der Waals surface area contributed by atoms with E-state index in [1.807, 2.05) is 26.0 Å². The number of halogens is 1. The molecule has 2 aromatic rings. The van der Waals surface area contributed by atoms with Gasteiger partial charge in [-0.3, -0.25) is 9.59 Å². The number of rotatable bonds is 7. The molecule has 0 spiro atoms. The average Bonchev–Trinajstić information content (AvgIpc) is 2.73. The smallest absolute Gasteiger partial charge is 0.243 e. The van der Waals surface area contributed by atoms with Crippen molar-refractivity contribution in [2.24, 2.45) is 0 Å². The molecular weight excluding hydrogens is 412 g/mol. The third-order valence-electron chi connectivity index (χ3n) is 4.33. The van der Waals surface area contributed by atoms with Crippen molar-refractivity contribution in [3.63, 3.8) is 0 Å². The van der Waals surface area contributed by atoms with Gasteiger partial charge in [-0.25, -0.2) is 0 Å². The van der Waals surface area contributed by atoms with Gasteiger partial charge >= 0.3 is 0 Å². The minimum Gasteiger partial charge on any atom is -0.486 e. The molecule has 29 heavy (non-hydrogen) atoms. The van der Waals surface area contributed by atoms with Crippen LogP contribution in [0.1, 0.15) is 13.8 Å². The van der Waals surface area contributed by atoms with Gasteiger partial charge in [0.25, 0.3) is 0 Å². The van der Waals surface area contributed by atoms with Crippen LogP contribution in [0.4, 0.5) is 5.69 Å². The van der Waals surface area contributed by atoms with Crippen molar-refractivity contribution in [3.8, 4) is 11.5 Å². The number of hydrogen-bond acceptors (Lipinski definition) is 5. The Kier molecular flexibility index (Phi) is 7.28. The maximum absolute atomic E-state index is 12.8. The highest BCUT2D eigenvalue weighted by Gasteiger charge is 2.23. The van der Waals surface area contributed by atoms with E-state index < -0.39 is 0 Å². The van der Waals surface area contributed by atoms with Gasteiger partial charge < -0.3 is 19.7 Å². The van der Waals surface area contributed by atoms with Crippen molar-refractivity contribution >= 4 is 40.9 Å². The van der Waals surface area contributed by atoms with Crippen LogP contribution in [-0.2, 0) is 9.59 Å². The van der Waals surface area contributed by atoms with E-state index in [1.54, 1.807) is 35.2 Å². The molecule has 1 aliphatic heterocycles. The summed E-state index contributed by atoms with van der Waals surface area (Å²) in [6.07, 6.45) is 0. The molecule has 0 fully saturated rings. The lowest BCUT2D eigenvalue weighted by Gasteiger charge is -2.24. The van der Waals surface area contributed by atoms with Crippen LogP contribution in [0.2, 0.25) is 5.02 Å². The van der Waals surface area contributed by atoms with Crippen molar-refractivity contribution in [1.29, 1.82) is 0 Å². The van der Waals surface area contributed by atoms with E-state index in [1.165, 1.54) is 11.8 Å². The van der Waals surface area contributed by atoms with Crippen molar-refractivity contribution in [2.45, 2.75) is 24.0 Å². The first-order valence-corrected chi connectivity index (χ1v) is 10.6. The summed E-state index contributed by atoms with van der Waals surface area (Å²) < 4.78 is 11.0. The second-order valence-corrected chi connectivity index (χ2v) is 8.32. The minimum absolute atomic E-state index is 0.0186. The highest BCUT2D eigenvalue weighted by molar-refractivity contribution is 8.00. The Balaban J connectivity index is 1.57. The topological polar surface area (TPSA) is 67.9 Å². The second-order valence-electron chi connectivity index (χ2n) is 6.47. The highest BCUT2D eigenvalue weighted by Crippen LogP contribution is 2.32. The van der Waals surface area contributed by atoms with Gasteiger partial charge in [-0.1, -0.05) is 11.6 Å². The second kappa shape index (κ2) is 9.89. The van der Waals surface area contributed by atoms with Crippen LogP contribution in [-0.4, -0.2) is 48.3 Å². The molecule has 1 N–H and O–H groups in total. The van der Waals surface area contributed by atoms with E-state index in [9.17, 15) is 9.59 Å². The van der Waals surface area contributed by atoms with Gasteiger partial charge in [0.2, 0.25) is 11.8 Å². The molecule has 8 heteroatoms. The molecule has 0 aromatic heterocycles. The first-order valence-electron chi connectivity index (χ1n) is 9.36. The molecule has 0 bridgehead atoms. The Bertz CT molecular complexity index is 875. The Morgan fingerprint density at radius 2 is 1.83 bits per heavy atom. The maximum atomic E-state index is 12.8. The largest absolute Gasteiger partial charge is 0.486 e. The fourth-order valence-electron chi connectivity index (χ4n) is 2.87. The Hall–Kier alpha value is -2.38. The SMILES string of the molecule is CCN(CC(=O)Nc1ccc2c(c1)OCCO2)C(=O)[C@@H](C)Sc1ccc(Cl)cc1. The molecule has 0 unspecified atom stereocenters. The maximum Gasteiger partial charge on any atom is 0.243 e. The van der Waals surface area contributed by atoms with Gasteiger partial charge in [-0.2, -0.15) is 0 Å². The van der Waals surface area contributed by atoms with Crippen molar-refractivity contribution < 1.29 is 19.1 Å². The van der Waals surface area contributed by atoms with Crippen molar-refractivity contribution in [3.05, 3.63) is 47.5 Å². The van der Waals surface area contributed by atoms with Gasteiger partial charge in [0, 0.05) is 28.2 Å². The summed E-state index contributed by atoms with van der Waals surface area (Å²) >= 11 is 7.34. The van der Waals surface area contributed by atoms with Crippen LogP contribution < -0.4 is 14.8 Å². The minimum atomic E-state index is -0.321. The zero-order valence-corrected chi connectivity index (χ0v) is 17.9. The molecule has 0 aliphatic carbocycles. The number of carbonyl (C=O) groups is 2. The number of likely N-dealkylation sites (N-methyl/N-ethyl adjacent to an activating group) is 1. The lowest BCUT2D eigenvalue weighted by atomic mass is 10.2. The van der Waals surface area contributed by atoms with E-state index in [2.05, 4.69) is 5.32 Å². The van der Waals surface area contributed by atoms with Gasteiger partial charge in [0.05, 0.1) is 11.8 Å². The number of hydrogen-bond donors (Lipinski definition) is 1. The molecule has 154 valence electrons. The van der Waals surface area contributed by atoms with Crippen LogP contribution in [0.25, 0.3) is 0 Å². The third kappa shape index (κ3) is 5.81. The molecule has 1 aliphatic rings. The Morgan fingerprint density at radius 1 is 1.14 bits per heavy atom. The fourth-order valence-corrected chi connectivity index (χ4v) is 3.94. The summed E-state index contributed by atoms with van der Waals surface area (Å²) in [6.45, 7) is 5.11. The molecular formula is C21H23ClN2O4S. The summed E-state index contributed by atoms with van der Waals surface area (Å²) in [4.78, 5) is 27.8. The predicted octanol–water partition coefficient (Wildman–Crippen LogP) is 4.08.